The molecule has 2 N–H and O–H groups in total. The van der Waals surface area contributed by atoms with Gasteiger partial charge in [-0.05, 0) is 66.9 Å². The van der Waals surface area contributed by atoms with Crippen molar-refractivity contribution in [2.24, 2.45) is 0 Å². The lowest BCUT2D eigenvalue weighted by Crippen LogP contribution is -2.37. The highest BCUT2D eigenvalue weighted by Gasteiger charge is 2.28. The molecule has 8 heteroatoms. The zero-order valence-electron chi connectivity index (χ0n) is 18.6. The number of anilines is 1. The molecule has 3 aromatic rings. The number of carbonyl (C=O) groups is 1. The van der Waals surface area contributed by atoms with Gasteiger partial charge in [0.15, 0.2) is 0 Å². The Balaban J connectivity index is 2.11. The molecule has 0 radical (unpaired) electrons. The van der Waals surface area contributed by atoms with Gasteiger partial charge >= 0.3 is 0 Å². The van der Waals surface area contributed by atoms with Crippen LogP contribution in [0, 0.1) is 0 Å². The molecule has 0 spiro atoms. The molecule has 0 fully saturated rings. The molecule has 0 saturated heterocycles. The van der Waals surface area contributed by atoms with Crippen molar-refractivity contribution in [1.82, 2.24) is 5.48 Å². The molecular weight excluding hydrogens is 440 g/mol. The van der Waals surface area contributed by atoms with Crippen LogP contribution in [0.1, 0.15) is 25.0 Å². The molecular formula is C25H26N2O5S. The maximum Gasteiger partial charge on any atom is 0.267 e. The third-order valence-electron chi connectivity index (χ3n) is 4.97. The Kier molecular flexibility index (Phi) is 7.52. The van der Waals surface area contributed by atoms with E-state index >= 15 is 0 Å². The zero-order chi connectivity index (χ0) is 24.0. The van der Waals surface area contributed by atoms with Crippen LogP contribution in [0.3, 0.4) is 0 Å². The molecule has 0 bridgehead atoms. The smallest absolute Gasteiger partial charge is 0.267 e. The van der Waals surface area contributed by atoms with Gasteiger partial charge in [0.1, 0.15) is 5.75 Å². The van der Waals surface area contributed by atoms with Crippen LogP contribution in [0.25, 0.3) is 5.57 Å². The van der Waals surface area contributed by atoms with Crippen LogP contribution < -0.4 is 14.5 Å². The normalized spacial score (nSPS) is 11.8. The summed E-state index contributed by atoms with van der Waals surface area (Å²) in [5.41, 5.74) is 3.97. The van der Waals surface area contributed by atoms with Crippen LogP contribution in [0.15, 0.2) is 89.8 Å². The molecule has 0 aliphatic heterocycles. The van der Waals surface area contributed by atoms with E-state index in [-0.39, 0.29) is 10.9 Å². The number of ether oxygens (including phenoxy) is 1. The van der Waals surface area contributed by atoms with Crippen LogP contribution in [0.5, 0.6) is 5.75 Å². The average molecular weight is 467 g/mol. The highest BCUT2D eigenvalue weighted by molar-refractivity contribution is 7.92. The van der Waals surface area contributed by atoms with Crippen molar-refractivity contribution in [3.63, 3.8) is 0 Å². The van der Waals surface area contributed by atoms with Crippen molar-refractivity contribution in [1.29, 1.82) is 0 Å². The lowest BCUT2D eigenvalue weighted by atomic mass is 9.97. The molecule has 0 saturated carbocycles. The largest absolute Gasteiger partial charge is 0.497 e. The molecule has 0 aliphatic carbocycles. The summed E-state index contributed by atoms with van der Waals surface area (Å²) >= 11 is 0. The summed E-state index contributed by atoms with van der Waals surface area (Å²) in [4.78, 5) is 12.1. The number of benzene rings is 3. The van der Waals surface area contributed by atoms with E-state index in [1.807, 2.05) is 30.3 Å². The molecule has 0 aromatic heterocycles. The van der Waals surface area contributed by atoms with E-state index in [1.165, 1.54) is 29.6 Å². The van der Waals surface area contributed by atoms with Crippen LogP contribution in [-0.2, 0) is 14.8 Å². The molecule has 3 rings (SSSR count). The second kappa shape index (κ2) is 10.3. The molecule has 7 nitrogen and oxygen atoms in total. The number of rotatable bonds is 8. The fraction of sp³-hybridized carbons (Fsp3) is 0.160. The first kappa shape index (κ1) is 24.0. The van der Waals surface area contributed by atoms with Gasteiger partial charge in [-0.2, -0.15) is 0 Å². The second-order valence-electron chi connectivity index (χ2n) is 7.52. The van der Waals surface area contributed by atoms with Gasteiger partial charge in [0.2, 0.25) is 0 Å². The monoisotopic (exact) mass is 466 g/mol. The maximum atomic E-state index is 13.5. The Bertz CT molecular complexity index is 1240. The topological polar surface area (TPSA) is 95.9 Å². The summed E-state index contributed by atoms with van der Waals surface area (Å²) in [7, 11) is -2.36. The molecule has 0 aliphatic rings. The van der Waals surface area contributed by atoms with Gasteiger partial charge in [-0.1, -0.05) is 42.5 Å². The molecule has 0 unspecified atom stereocenters. The van der Waals surface area contributed by atoms with Crippen LogP contribution in [0.2, 0.25) is 0 Å². The number of hydroxylamine groups is 1. The molecule has 1 amide bonds. The van der Waals surface area contributed by atoms with Gasteiger partial charge in [0.25, 0.3) is 15.9 Å². The molecule has 172 valence electrons. The fourth-order valence-corrected chi connectivity index (χ4v) is 5.15. The number of nitrogens with one attached hydrogen (secondary N) is 1. The standard InChI is InChI=1S/C25H26N2O5S/c1-18(2)27(33(30,31)23-14-12-22(32-3)13-15-23)21-11-7-10-20(16-21)24(17-25(28)26-29)19-8-5-4-6-9-19/h4-18,29H,1-3H3,(H,26,28)/b24-17-. The van der Waals surface area contributed by atoms with Crippen LogP contribution >= 0.6 is 0 Å². The van der Waals surface area contributed by atoms with Crippen molar-refractivity contribution in [3.05, 3.63) is 96.1 Å². The van der Waals surface area contributed by atoms with Gasteiger partial charge < -0.3 is 4.74 Å². The molecule has 0 atom stereocenters. The van der Waals surface area contributed by atoms with E-state index in [1.54, 1.807) is 55.7 Å². The van der Waals surface area contributed by atoms with E-state index in [9.17, 15) is 13.2 Å². The van der Waals surface area contributed by atoms with Crippen LogP contribution in [0.4, 0.5) is 5.69 Å². The Morgan fingerprint density at radius 3 is 2.18 bits per heavy atom. The van der Waals surface area contributed by atoms with E-state index in [0.717, 1.165) is 5.56 Å². The number of amides is 1. The summed E-state index contributed by atoms with van der Waals surface area (Å²) in [5.74, 6) is -0.127. The van der Waals surface area contributed by atoms with Crippen LogP contribution in [-0.4, -0.2) is 32.7 Å². The summed E-state index contributed by atoms with van der Waals surface area (Å²) in [6.45, 7) is 3.59. The number of carbonyl (C=O) groups excluding carboxylic acids is 1. The van der Waals surface area contributed by atoms with Crippen molar-refractivity contribution in [3.8, 4) is 5.75 Å². The van der Waals surface area contributed by atoms with Gasteiger partial charge in [-0.15, -0.1) is 0 Å². The Labute approximate surface area is 194 Å². The average Bonchev–Trinajstić information content (AvgIpc) is 2.82. The quantitative estimate of drug-likeness (QED) is 0.294. The lowest BCUT2D eigenvalue weighted by Gasteiger charge is -2.29. The predicted molar refractivity (Wildman–Crippen MR) is 128 cm³/mol. The number of hydrogen-bond donors (Lipinski definition) is 2. The third-order valence-corrected chi connectivity index (χ3v) is 6.99. The lowest BCUT2D eigenvalue weighted by molar-refractivity contribution is -0.124. The first-order chi connectivity index (χ1) is 15.8. The van der Waals surface area contributed by atoms with Crippen molar-refractivity contribution >= 4 is 27.2 Å². The number of hydrogen-bond acceptors (Lipinski definition) is 5. The zero-order valence-corrected chi connectivity index (χ0v) is 19.4. The first-order valence-electron chi connectivity index (χ1n) is 10.3. The highest BCUT2D eigenvalue weighted by atomic mass is 32.2. The van der Waals surface area contributed by atoms with Gasteiger partial charge in [0.05, 0.1) is 17.7 Å². The molecule has 0 heterocycles. The molecule has 3 aromatic carbocycles. The fourth-order valence-electron chi connectivity index (χ4n) is 3.50. The van der Waals surface area contributed by atoms with Gasteiger partial charge in [0, 0.05) is 12.1 Å². The SMILES string of the molecule is COc1ccc(S(=O)(=O)N(c2cccc(/C(=C\C(=O)NO)c3ccccc3)c2)C(C)C)cc1. The Morgan fingerprint density at radius 1 is 0.970 bits per heavy atom. The number of methoxy groups -OCH3 is 1. The minimum Gasteiger partial charge on any atom is -0.497 e. The van der Waals surface area contributed by atoms with Crippen molar-refractivity contribution in [2.75, 3.05) is 11.4 Å². The highest BCUT2D eigenvalue weighted by Crippen LogP contribution is 2.31. The Morgan fingerprint density at radius 2 is 1.61 bits per heavy atom. The van der Waals surface area contributed by atoms with E-state index in [0.29, 0.717) is 22.6 Å². The van der Waals surface area contributed by atoms with E-state index in [4.69, 9.17) is 9.94 Å². The van der Waals surface area contributed by atoms with Crippen molar-refractivity contribution in [2.45, 2.75) is 24.8 Å². The Hall–Kier alpha value is -3.62. The second-order valence-corrected chi connectivity index (χ2v) is 9.34. The van der Waals surface area contributed by atoms with E-state index in [2.05, 4.69) is 0 Å². The summed E-state index contributed by atoms with van der Waals surface area (Å²) in [6.07, 6.45) is 1.27. The van der Waals surface area contributed by atoms with Gasteiger partial charge in [-0.25, -0.2) is 13.9 Å². The van der Waals surface area contributed by atoms with Crippen molar-refractivity contribution < 1.29 is 23.2 Å². The molecule has 33 heavy (non-hydrogen) atoms. The summed E-state index contributed by atoms with van der Waals surface area (Å²) < 4.78 is 33.5. The minimum absolute atomic E-state index is 0.140. The summed E-state index contributed by atoms with van der Waals surface area (Å²) in [6, 6.07) is 22.0. The third kappa shape index (κ3) is 5.42. The van der Waals surface area contributed by atoms with E-state index < -0.39 is 15.9 Å². The maximum absolute atomic E-state index is 13.5. The van der Waals surface area contributed by atoms with Gasteiger partial charge in [-0.3, -0.25) is 14.3 Å². The summed E-state index contributed by atoms with van der Waals surface area (Å²) in [5, 5.41) is 9.02. The predicted octanol–water partition coefficient (Wildman–Crippen LogP) is 4.24. The number of sulfonamides is 1. The number of nitrogens with zero attached hydrogens (tertiary/aromatic N) is 1. The first-order valence-corrected chi connectivity index (χ1v) is 11.7. The minimum atomic E-state index is -3.87.